The van der Waals surface area contributed by atoms with Gasteiger partial charge >= 0.3 is 0 Å². The molecule has 0 aliphatic heterocycles. The zero-order valence-electron chi connectivity index (χ0n) is 11.2. The minimum absolute atomic E-state index is 0.191. The van der Waals surface area contributed by atoms with E-state index >= 15 is 0 Å². The van der Waals surface area contributed by atoms with Crippen molar-refractivity contribution in [1.82, 2.24) is 4.98 Å². The highest BCUT2D eigenvalue weighted by Gasteiger charge is 2.22. The van der Waals surface area contributed by atoms with Gasteiger partial charge < -0.3 is 15.6 Å². The van der Waals surface area contributed by atoms with Gasteiger partial charge in [-0.3, -0.25) is 4.98 Å². The summed E-state index contributed by atoms with van der Waals surface area (Å²) in [5.74, 6) is 0.538. The molecule has 0 spiro atoms. The van der Waals surface area contributed by atoms with Crippen LogP contribution in [0.4, 0.5) is 0 Å². The van der Waals surface area contributed by atoms with Gasteiger partial charge in [0.1, 0.15) is 5.75 Å². The van der Waals surface area contributed by atoms with E-state index in [2.05, 4.69) is 20.9 Å². The third-order valence-corrected chi connectivity index (χ3v) is 3.88. The molecule has 0 fully saturated rings. The number of methoxy groups -OCH3 is 1. The van der Waals surface area contributed by atoms with Gasteiger partial charge in [0.2, 0.25) is 0 Å². The van der Waals surface area contributed by atoms with E-state index in [4.69, 9.17) is 10.5 Å². The molecule has 2 rings (SSSR count). The Morgan fingerprint density at radius 3 is 2.70 bits per heavy atom. The van der Waals surface area contributed by atoms with Crippen molar-refractivity contribution < 1.29 is 9.84 Å². The van der Waals surface area contributed by atoms with Crippen molar-refractivity contribution in [3.05, 3.63) is 58.3 Å². The number of rotatable bonds is 5. The molecule has 2 atom stereocenters. The summed E-state index contributed by atoms with van der Waals surface area (Å²) >= 11 is 3.42. The highest BCUT2D eigenvalue weighted by Crippen LogP contribution is 2.34. The number of halogens is 1. The lowest BCUT2D eigenvalue weighted by molar-refractivity contribution is 0.147. The molecule has 0 aliphatic rings. The molecule has 0 bridgehead atoms. The molecule has 1 aromatic heterocycles. The second-order valence-corrected chi connectivity index (χ2v) is 5.32. The molecule has 3 N–H and O–H groups in total. The van der Waals surface area contributed by atoms with Crippen LogP contribution < -0.4 is 10.5 Å². The minimum Gasteiger partial charge on any atom is -0.496 e. The van der Waals surface area contributed by atoms with Crippen LogP contribution in [-0.4, -0.2) is 23.7 Å². The molecule has 106 valence electrons. The summed E-state index contributed by atoms with van der Waals surface area (Å²) in [6, 6.07) is 9.27. The zero-order valence-corrected chi connectivity index (χ0v) is 12.7. The number of nitrogens with zero attached hydrogens (tertiary/aromatic N) is 1. The molecule has 1 heterocycles. The monoisotopic (exact) mass is 336 g/mol. The summed E-state index contributed by atoms with van der Waals surface area (Å²) in [6.07, 6.45) is 2.75. The molecule has 1 aromatic carbocycles. The first kappa shape index (κ1) is 15.0. The van der Waals surface area contributed by atoms with E-state index in [1.165, 1.54) is 0 Å². The molecular formula is C15H17BrN2O2. The van der Waals surface area contributed by atoms with Crippen LogP contribution in [-0.2, 0) is 0 Å². The number of benzene rings is 1. The predicted octanol–water partition coefficient (Wildman–Crippen LogP) is 2.63. The van der Waals surface area contributed by atoms with Crippen molar-refractivity contribution in [3.63, 3.8) is 0 Å². The van der Waals surface area contributed by atoms with Crippen LogP contribution in [0, 0.1) is 0 Å². The molecule has 0 aliphatic carbocycles. The highest BCUT2D eigenvalue weighted by molar-refractivity contribution is 9.10. The zero-order chi connectivity index (χ0) is 14.5. The predicted molar refractivity (Wildman–Crippen MR) is 81.7 cm³/mol. The molecule has 2 aromatic rings. The average molecular weight is 337 g/mol. The Kier molecular flexibility index (Phi) is 5.11. The largest absolute Gasteiger partial charge is 0.496 e. The van der Waals surface area contributed by atoms with Crippen molar-refractivity contribution >= 4 is 15.9 Å². The Labute approximate surface area is 126 Å². The maximum absolute atomic E-state index is 10.6. The van der Waals surface area contributed by atoms with Crippen LogP contribution in [0.15, 0.2) is 47.2 Å². The highest BCUT2D eigenvalue weighted by atomic mass is 79.9. The van der Waals surface area contributed by atoms with Gasteiger partial charge in [0.25, 0.3) is 0 Å². The first-order valence-electron chi connectivity index (χ1n) is 6.29. The number of nitrogens with two attached hydrogens (primary N) is 1. The molecule has 5 heteroatoms. The van der Waals surface area contributed by atoms with Gasteiger partial charge in [0.05, 0.1) is 17.7 Å². The number of aliphatic hydroxyl groups is 1. The van der Waals surface area contributed by atoms with E-state index in [1.54, 1.807) is 19.5 Å². The fraction of sp³-hybridized carbons (Fsp3) is 0.267. The Hall–Kier alpha value is -1.43. The van der Waals surface area contributed by atoms with Crippen LogP contribution in [0.1, 0.15) is 23.1 Å². The lowest BCUT2D eigenvalue weighted by Crippen LogP contribution is -2.20. The van der Waals surface area contributed by atoms with E-state index in [9.17, 15) is 5.11 Å². The van der Waals surface area contributed by atoms with E-state index in [1.807, 2.05) is 30.3 Å². The number of hydrogen-bond acceptors (Lipinski definition) is 4. The van der Waals surface area contributed by atoms with Crippen molar-refractivity contribution in [1.29, 1.82) is 0 Å². The summed E-state index contributed by atoms with van der Waals surface area (Å²) in [6.45, 7) is 0.344. The Bertz CT molecular complexity index is 563. The van der Waals surface area contributed by atoms with Crippen LogP contribution >= 0.6 is 15.9 Å². The normalized spacial score (nSPS) is 13.8. The Balaban J connectivity index is 2.29. The van der Waals surface area contributed by atoms with Crippen molar-refractivity contribution in [2.75, 3.05) is 13.7 Å². The molecular weight excluding hydrogens is 320 g/mol. The third-order valence-electron chi connectivity index (χ3n) is 3.27. The SMILES string of the molecule is COc1ccc(C(O)C(CN)c2cccnc2)cc1Br. The second kappa shape index (κ2) is 6.83. The average Bonchev–Trinajstić information content (AvgIpc) is 2.49. The standard InChI is InChI=1S/C15H17BrN2O2/c1-20-14-5-4-10(7-13(14)16)15(19)12(8-17)11-3-2-6-18-9-11/h2-7,9,12,15,19H,8,17H2,1H3. The molecule has 20 heavy (non-hydrogen) atoms. The molecule has 2 unspecified atom stereocenters. The van der Waals surface area contributed by atoms with Crippen molar-refractivity contribution in [2.24, 2.45) is 5.73 Å². The van der Waals surface area contributed by atoms with Gasteiger partial charge in [-0.1, -0.05) is 12.1 Å². The first-order chi connectivity index (χ1) is 9.67. The molecule has 0 saturated carbocycles. The molecule has 0 saturated heterocycles. The molecule has 0 radical (unpaired) electrons. The fourth-order valence-corrected chi connectivity index (χ4v) is 2.70. The van der Waals surface area contributed by atoms with Crippen molar-refractivity contribution in [2.45, 2.75) is 12.0 Å². The van der Waals surface area contributed by atoms with Gasteiger partial charge in [-0.05, 0) is 45.3 Å². The number of hydrogen-bond donors (Lipinski definition) is 2. The Morgan fingerprint density at radius 2 is 2.15 bits per heavy atom. The topological polar surface area (TPSA) is 68.4 Å². The summed E-state index contributed by atoms with van der Waals surface area (Å²) in [7, 11) is 1.61. The lowest BCUT2D eigenvalue weighted by Gasteiger charge is -2.22. The molecule has 4 nitrogen and oxygen atoms in total. The summed E-state index contributed by atoms with van der Waals surface area (Å²) in [4.78, 5) is 4.08. The quantitative estimate of drug-likeness (QED) is 0.880. The number of ether oxygens (including phenoxy) is 1. The maximum Gasteiger partial charge on any atom is 0.133 e. The van der Waals surface area contributed by atoms with E-state index < -0.39 is 6.10 Å². The smallest absolute Gasteiger partial charge is 0.133 e. The van der Waals surface area contributed by atoms with Gasteiger partial charge in [-0.2, -0.15) is 0 Å². The van der Waals surface area contributed by atoms with Gasteiger partial charge in [0, 0.05) is 24.9 Å². The summed E-state index contributed by atoms with van der Waals surface area (Å²) in [5, 5.41) is 10.6. The fourth-order valence-electron chi connectivity index (χ4n) is 2.14. The number of pyridine rings is 1. The first-order valence-corrected chi connectivity index (χ1v) is 7.08. The van der Waals surface area contributed by atoms with E-state index in [0.717, 1.165) is 21.3 Å². The van der Waals surface area contributed by atoms with E-state index in [-0.39, 0.29) is 5.92 Å². The van der Waals surface area contributed by atoms with Gasteiger partial charge in [0.15, 0.2) is 0 Å². The maximum atomic E-state index is 10.6. The van der Waals surface area contributed by atoms with Crippen LogP contribution in [0.25, 0.3) is 0 Å². The number of aromatic nitrogens is 1. The lowest BCUT2D eigenvalue weighted by atomic mass is 9.90. The second-order valence-electron chi connectivity index (χ2n) is 4.47. The van der Waals surface area contributed by atoms with E-state index in [0.29, 0.717) is 6.54 Å². The summed E-state index contributed by atoms with van der Waals surface area (Å²) < 4.78 is 5.99. The third kappa shape index (κ3) is 3.17. The minimum atomic E-state index is -0.689. The van der Waals surface area contributed by atoms with Crippen LogP contribution in [0.3, 0.4) is 0 Å². The van der Waals surface area contributed by atoms with Gasteiger partial charge in [-0.25, -0.2) is 0 Å². The van der Waals surface area contributed by atoms with Gasteiger partial charge in [-0.15, -0.1) is 0 Å². The summed E-state index contributed by atoms with van der Waals surface area (Å²) in [5.41, 5.74) is 7.53. The van der Waals surface area contributed by atoms with Crippen LogP contribution in [0.5, 0.6) is 5.75 Å². The number of aliphatic hydroxyl groups excluding tert-OH is 1. The van der Waals surface area contributed by atoms with Crippen LogP contribution in [0.2, 0.25) is 0 Å². The van der Waals surface area contributed by atoms with Crippen molar-refractivity contribution in [3.8, 4) is 5.75 Å². The Morgan fingerprint density at radius 1 is 1.35 bits per heavy atom. The molecule has 0 amide bonds.